The molecule has 1 amide bonds. The number of rotatable bonds is 6. The summed E-state index contributed by atoms with van der Waals surface area (Å²) in [4.78, 5) is 28.0. The largest absolute Gasteiger partial charge is 0.431 e. The quantitative estimate of drug-likeness (QED) is 0.192. The molecule has 1 aliphatic rings. The first-order chi connectivity index (χ1) is 18.7. The van der Waals surface area contributed by atoms with E-state index in [2.05, 4.69) is 5.10 Å². The molecule has 10 heteroatoms. The second kappa shape index (κ2) is 10.5. The molecule has 0 aliphatic carbocycles. The van der Waals surface area contributed by atoms with Gasteiger partial charge in [0.25, 0.3) is 5.91 Å². The fourth-order valence-corrected chi connectivity index (χ4v) is 4.95. The molecule has 0 atom stereocenters. The van der Waals surface area contributed by atoms with Crippen LogP contribution in [0.4, 0.5) is 23.2 Å². The SMILES string of the molecule is CCn1cc(C(=O)NN=C(Cc2ccc3ccccc3c2)C(F)(F)F)c(=O)c2cc(F)c(N3CCCC3)cc21. The van der Waals surface area contributed by atoms with Gasteiger partial charge in [-0.3, -0.25) is 9.59 Å². The number of carbonyl (C=O) groups excluding carboxylic acids is 1. The number of nitrogens with zero attached hydrogens (tertiary/aromatic N) is 3. The number of fused-ring (bicyclic) bond motifs is 2. The van der Waals surface area contributed by atoms with Crippen LogP contribution in [0.5, 0.6) is 0 Å². The highest BCUT2D eigenvalue weighted by atomic mass is 19.4. The average molecular weight is 539 g/mol. The zero-order valence-electron chi connectivity index (χ0n) is 21.2. The number of hydrogen-bond acceptors (Lipinski definition) is 4. The van der Waals surface area contributed by atoms with Crippen LogP contribution in [0.2, 0.25) is 0 Å². The standard InChI is InChI=1S/C29H26F4N4O2/c1-2-36-17-22(27(38)21-15-23(30)25(16-24(21)36)37-11-5-6-12-37)28(39)35-34-26(29(31,32)33)14-18-9-10-19-7-3-4-8-20(19)13-18/h3-4,7-10,13,15-17H,2,5-6,11-12,14H2,1H3,(H,35,39). The number of hydrogen-bond donors (Lipinski definition) is 1. The Morgan fingerprint density at radius 2 is 1.74 bits per heavy atom. The van der Waals surface area contributed by atoms with Crippen LogP contribution in [0.15, 0.2) is 70.7 Å². The van der Waals surface area contributed by atoms with Crippen LogP contribution in [0.3, 0.4) is 0 Å². The van der Waals surface area contributed by atoms with E-state index in [0.29, 0.717) is 36.4 Å². The Kier molecular flexibility index (Phi) is 7.12. The van der Waals surface area contributed by atoms with Gasteiger partial charge in [0, 0.05) is 37.6 Å². The van der Waals surface area contributed by atoms with Crippen molar-refractivity contribution < 1.29 is 22.4 Å². The van der Waals surface area contributed by atoms with Crippen LogP contribution in [-0.2, 0) is 13.0 Å². The van der Waals surface area contributed by atoms with Gasteiger partial charge in [-0.2, -0.15) is 18.3 Å². The summed E-state index contributed by atoms with van der Waals surface area (Å²) in [7, 11) is 0. The Labute approximate surface area is 221 Å². The van der Waals surface area contributed by atoms with Crippen molar-refractivity contribution in [3.8, 4) is 0 Å². The third kappa shape index (κ3) is 5.36. The van der Waals surface area contributed by atoms with E-state index in [1.54, 1.807) is 47.9 Å². The Morgan fingerprint density at radius 1 is 1.03 bits per heavy atom. The number of benzene rings is 3. The van der Waals surface area contributed by atoms with E-state index >= 15 is 0 Å². The Hall–Kier alpha value is -4.21. The summed E-state index contributed by atoms with van der Waals surface area (Å²) in [5.41, 5.74) is 0.670. The molecular formula is C29H26F4N4O2. The Bertz CT molecular complexity index is 1650. The minimum Gasteiger partial charge on any atom is -0.369 e. The first-order valence-corrected chi connectivity index (χ1v) is 12.7. The van der Waals surface area contributed by atoms with E-state index in [1.165, 1.54) is 6.20 Å². The topological polar surface area (TPSA) is 66.7 Å². The number of nitrogens with one attached hydrogen (secondary N) is 1. The van der Waals surface area contributed by atoms with Crippen molar-refractivity contribution in [1.29, 1.82) is 0 Å². The monoisotopic (exact) mass is 538 g/mol. The predicted molar refractivity (Wildman–Crippen MR) is 144 cm³/mol. The number of aromatic nitrogens is 1. The summed E-state index contributed by atoms with van der Waals surface area (Å²) >= 11 is 0. The first kappa shape index (κ1) is 26.4. The van der Waals surface area contributed by atoms with Crippen LogP contribution >= 0.6 is 0 Å². The molecule has 1 aliphatic heterocycles. The molecule has 0 spiro atoms. The molecule has 0 bridgehead atoms. The highest BCUT2D eigenvalue weighted by molar-refractivity contribution is 5.99. The molecule has 0 unspecified atom stereocenters. The molecule has 3 aromatic carbocycles. The number of halogens is 4. The van der Waals surface area contributed by atoms with E-state index < -0.39 is 41.0 Å². The van der Waals surface area contributed by atoms with E-state index in [9.17, 15) is 27.2 Å². The summed E-state index contributed by atoms with van der Waals surface area (Å²) in [6.45, 7) is 3.55. The number of alkyl halides is 3. The van der Waals surface area contributed by atoms with Crippen molar-refractivity contribution in [3.63, 3.8) is 0 Å². The molecular weight excluding hydrogens is 512 g/mol. The van der Waals surface area contributed by atoms with Gasteiger partial charge < -0.3 is 9.47 Å². The molecule has 5 rings (SSSR count). The summed E-state index contributed by atoms with van der Waals surface area (Å²) in [6.07, 6.45) is -2.23. The Balaban J connectivity index is 1.46. The van der Waals surface area contributed by atoms with Gasteiger partial charge in [0.1, 0.15) is 17.1 Å². The van der Waals surface area contributed by atoms with E-state index in [0.717, 1.165) is 29.7 Å². The van der Waals surface area contributed by atoms with Gasteiger partial charge in [-0.15, -0.1) is 0 Å². The molecule has 4 aromatic rings. The molecule has 1 saturated heterocycles. The number of aryl methyl sites for hydroxylation is 1. The summed E-state index contributed by atoms with van der Waals surface area (Å²) in [5, 5.41) is 5.00. The lowest BCUT2D eigenvalue weighted by atomic mass is 10.0. The minimum atomic E-state index is -4.82. The second-order valence-corrected chi connectivity index (χ2v) is 9.53. The highest BCUT2D eigenvalue weighted by Crippen LogP contribution is 2.28. The minimum absolute atomic E-state index is 0.0267. The fourth-order valence-electron chi connectivity index (χ4n) is 4.95. The second-order valence-electron chi connectivity index (χ2n) is 9.53. The number of amides is 1. The molecule has 1 aromatic heterocycles. The van der Waals surface area contributed by atoms with Crippen molar-refractivity contribution in [2.24, 2.45) is 5.10 Å². The summed E-state index contributed by atoms with van der Waals surface area (Å²) in [6, 6.07) is 14.9. The molecule has 0 radical (unpaired) electrons. The van der Waals surface area contributed by atoms with Gasteiger partial charge in [-0.1, -0.05) is 42.5 Å². The van der Waals surface area contributed by atoms with Crippen LogP contribution in [0.25, 0.3) is 21.7 Å². The maximum Gasteiger partial charge on any atom is 0.431 e. The summed E-state index contributed by atoms with van der Waals surface area (Å²) in [5.74, 6) is -1.69. The van der Waals surface area contributed by atoms with Crippen molar-refractivity contribution in [2.75, 3.05) is 18.0 Å². The first-order valence-electron chi connectivity index (χ1n) is 12.7. The number of hydrazone groups is 1. The molecule has 202 valence electrons. The molecule has 6 nitrogen and oxygen atoms in total. The van der Waals surface area contributed by atoms with E-state index in [4.69, 9.17) is 0 Å². The van der Waals surface area contributed by atoms with Crippen LogP contribution in [0.1, 0.15) is 35.7 Å². The highest BCUT2D eigenvalue weighted by Gasteiger charge is 2.36. The van der Waals surface area contributed by atoms with Crippen LogP contribution in [-0.4, -0.2) is 35.5 Å². The number of pyridine rings is 1. The van der Waals surface area contributed by atoms with Crippen molar-refractivity contribution in [1.82, 2.24) is 9.99 Å². The van der Waals surface area contributed by atoms with Crippen LogP contribution < -0.4 is 15.8 Å². The van der Waals surface area contributed by atoms with Crippen molar-refractivity contribution in [3.05, 3.63) is 88.0 Å². The molecule has 39 heavy (non-hydrogen) atoms. The lowest BCUT2D eigenvalue weighted by Gasteiger charge is -2.20. The lowest BCUT2D eigenvalue weighted by molar-refractivity contribution is -0.0604. The summed E-state index contributed by atoms with van der Waals surface area (Å²) < 4.78 is 58.0. The van der Waals surface area contributed by atoms with Gasteiger partial charge in [-0.05, 0) is 48.2 Å². The average Bonchev–Trinajstić information content (AvgIpc) is 3.45. The van der Waals surface area contributed by atoms with Gasteiger partial charge in [0.15, 0.2) is 0 Å². The van der Waals surface area contributed by atoms with Gasteiger partial charge in [-0.25, -0.2) is 9.82 Å². The maximum atomic E-state index is 15.0. The van der Waals surface area contributed by atoms with E-state index in [1.807, 2.05) is 22.5 Å². The fraction of sp³-hybridized carbons (Fsp3) is 0.276. The zero-order chi connectivity index (χ0) is 27.7. The lowest BCUT2D eigenvalue weighted by Crippen LogP contribution is -2.32. The third-order valence-corrected chi connectivity index (χ3v) is 6.99. The Morgan fingerprint density at radius 3 is 2.44 bits per heavy atom. The van der Waals surface area contributed by atoms with Gasteiger partial charge in [0.05, 0.1) is 11.2 Å². The number of anilines is 1. The van der Waals surface area contributed by atoms with Crippen molar-refractivity contribution >= 4 is 39.0 Å². The zero-order valence-corrected chi connectivity index (χ0v) is 21.2. The molecule has 2 heterocycles. The predicted octanol–water partition coefficient (Wildman–Crippen LogP) is 5.80. The molecule has 1 fully saturated rings. The third-order valence-electron chi connectivity index (χ3n) is 6.99. The van der Waals surface area contributed by atoms with Gasteiger partial charge >= 0.3 is 6.18 Å². The van der Waals surface area contributed by atoms with Gasteiger partial charge in [0.2, 0.25) is 5.43 Å². The molecule has 1 N–H and O–H groups in total. The number of carbonyl (C=O) groups is 1. The van der Waals surface area contributed by atoms with E-state index in [-0.39, 0.29) is 5.39 Å². The smallest absolute Gasteiger partial charge is 0.369 e. The van der Waals surface area contributed by atoms with Crippen molar-refractivity contribution in [2.45, 2.75) is 38.9 Å². The molecule has 0 saturated carbocycles. The normalized spacial score (nSPS) is 14.4. The van der Waals surface area contributed by atoms with Crippen LogP contribution in [0, 0.1) is 5.82 Å². The maximum absolute atomic E-state index is 15.0.